The maximum atomic E-state index is 13.3. The van der Waals surface area contributed by atoms with Crippen molar-refractivity contribution in [2.75, 3.05) is 13.6 Å². The van der Waals surface area contributed by atoms with Gasteiger partial charge in [-0.1, -0.05) is 18.2 Å². The van der Waals surface area contributed by atoms with Crippen molar-refractivity contribution in [3.05, 3.63) is 65.2 Å². The number of nitrogens with zero attached hydrogens (tertiary/aromatic N) is 1. The molecule has 0 aliphatic heterocycles. The van der Waals surface area contributed by atoms with Gasteiger partial charge in [-0.2, -0.15) is 0 Å². The zero-order chi connectivity index (χ0) is 18.2. The molecule has 0 amide bonds. The predicted octanol–water partition coefficient (Wildman–Crippen LogP) is 4.15. The van der Waals surface area contributed by atoms with Crippen LogP contribution in [0, 0.1) is 11.6 Å². The fourth-order valence-corrected chi connectivity index (χ4v) is 2.43. The quantitative estimate of drug-likeness (QED) is 0.255. The largest absolute Gasteiger partial charge is 0.508 e. The van der Waals surface area contributed by atoms with Gasteiger partial charge < -0.3 is 15.7 Å². The SMILES string of the molecule is CN=C(NCCCc1ccc(O)cc1)NC(C)c1ccc(F)c(F)c1.I. The molecule has 2 rings (SSSR count). The highest BCUT2D eigenvalue weighted by molar-refractivity contribution is 14.0. The van der Waals surface area contributed by atoms with E-state index in [2.05, 4.69) is 15.6 Å². The fraction of sp³-hybridized carbons (Fsp3) is 0.316. The van der Waals surface area contributed by atoms with E-state index in [0.29, 0.717) is 18.1 Å². The van der Waals surface area contributed by atoms with E-state index in [9.17, 15) is 13.9 Å². The zero-order valence-corrected chi connectivity index (χ0v) is 17.1. The van der Waals surface area contributed by atoms with Crippen LogP contribution in [0.1, 0.15) is 30.5 Å². The minimum Gasteiger partial charge on any atom is -0.508 e. The summed E-state index contributed by atoms with van der Waals surface area (Å²) in [6.07, 6.45) is 1.77. The van der Waals surface area contributed by atoms with Crippen LogP contribution in [0.4, 0.5) is 8.78 Å². The normalized spacial score (nSPS) is 12.2. The average Bonchev–Trinajstić information content (AvgIpc) is 2.61. The van der Waals surface area contributed by atoms with Crippen molar-refractivity contribution < 1.29 is 13.9 Å². The van der Waals surface area contributed by atoms with Crippen molar-refractivity contribution in [2.45, 2.75) is 25.8 Å². The third-order valence-corrected chi connectivity index (χ3v) is 3.89. The standard InChI is InChI=1S/C19H23F2N3O.HI/c1-13(15-7-10-17(20)18(21)12-15)24-19(22-2)23-11-3-4-14-5-8-16(25)9-6-14;/h5-10,12-13,25H,3-4,11H2,1-2H3,(H2,22,23,24);1H. The van der Waals surface area contributed by atoms with Gasteiger partial charge in [0.15, 0.2) is 17.6 Å². The highest BCUT2D eigenvalue weighted by Crippen LogP contribution is 2.16. The molecule has 0 aromatic heterocycles. The number of aromatic hydroxyl groups is 1. The van der Waals surface area contributed by atoms with Crippen LogP contribution >= 0.6 is 24.0 Å². The van der Waals surface area contributed by atoms with Crippen LogP contribution in [-0.2, 0) is 6.42 Å². The van der Waals surface area contributed by atoms with Gasteiger partial charge in [0.05, 0.1) is 6.04 Å². The summed E-state index contributed by atoms with van der Waals surface area (Å²) >= 11 is 0. The van der Waals surface area contributed by atoms with Gasteiger partial charge >= 0.3 is 0 Å². The van der Waals surface area contributed by atoms with E-state index in [0.717, 1.165) is 24.5 Å². The number of aryl methyl sites for hydroxylation is 1. The van der Waals surface area contributed by atoms with Gasteiger partial charge in [0.2, 0.25) is 0 Å². The fourth-order valence-electron chi connectivity index (χ4n) is 2.43. The van der Waals surface area contributed by atoms with E-state index in [1.54, 1.807) is 25.2 Å². The van der Waals surface area contributed by atoms with Crippen LogP contribution in [0.3, 0.4) is 0 Å². The Kier molecular flexibility index (Phi) is 9.32. The van der Waals surface area contributed by atoms with E-state index in [4.69, 9.17) is 0 Å². The predicted molar refractivity (Wildman–Crippen MR) is 111 cm³/mol. The highest BCUT2D eigenvalue weighted by atomic mass is 127. The van der Waals surface area contributed by atoms with Crippen LogP contribution in [0.15, 0.2) is 47.5 Å². The number of phenolic OH excluding ortho intramolecular Hbond substituents is 1. The number of hydrogen-bond acceptors (Lipinski definition) is 2. The van der Waals surface area contributed by atoms with E-state index in [-0.39, 0.29) is 35.8 Å². The first-order valence-corrected chi connectivity index (χ1v) is 8.19. The van der Waals surface area contributed by atoms with Gasteiger partial charge in [0.1, 0.15) is 5.75 Å². The zero-order valence-electron chi connectivity index (χ0n) is 14.8. The summed E-state index contributed by atoms with van der Waals surface area (Å²) in [5.74, 6) is -0.851. The first-order chi connectivity index (χ1) is 12.0. The summed E-state index contributed by atoms with van der Waals surface area (Å²) in [5, 5.41) is 15.6. The Hall–Kier alpha value is -1.90. The molecule has 2 aromatic carbocycles. The second kappa shape index (κ2) is 10.9. The van der Waals surface area contributed by atoms with Crippen molar-refractivity contribution in [1.29, 1.82) is 0 Å². The number of halogens is 3. The summed E-state index contributed by atoms with van der Waals surface area (Å²) in [4.78, 5) is 4.14. The molecule has 0 heterocycles. The van der Waals surface area contributed by atoms with Crippen LogP contribution < -0.4 is 10.6 Å². The Bertz CT molecular complexity index is 723. The Morgan fingerprint density at radius 1 is 1.12 bits per heavy atom. The molecule has 7 heteroatoms. The molecule has 0 spiro atoms. The van der Waals surface area contributed by atoms with Gasteiger partial charge in [-0.3, -0.25) is 4.99 Å². The smallest absolute Gasteiger partial charge is 0.191 e. The van der Waals surface area contributed by atoms with E-state index in [1.165, 1.54) is 6.07 Å². The molecule has 0 aliphatic carbocycles. The van der Waals surface area contributed by atoms with Gasteiger partial charge in [-0.05, 0) is 55.2 Å². The van der Waals surface area contributed by atoms with E-state index < -0.39 is 11.6 Å². The molecule has 0 radical (unpaired) electrons. The number of hydrogen-bond donors (Lipinski definition) is 3. The minimum atomic E-state index is -0.858. The summed E-state index contributed by atoms with van der Waals surface area (Å²) in [6, 6.07) is 10.8. The molecule has 1 unspecified atom stereocenters. The molecule has 4 nitrogen and oxygen atoms in total. The maximum Gasteiger partial charge on any atom is 0.191 e. The van der Waals surface area contributed by atoms with Crippen LogP contribution in [0.25, 0.3) is 0 Å². The highest BCUT2D eigenvalue weighted by Gasteiger charge is 2.10. The number of aliphatic imine (C=N–C) groups is 1. The Morgan fingerprint density at radius 2 is 1.81 bits per heavy atom. The lowest BCUT2D eigenvalue weighted by Crippen LogP contribution is -2.39. The van der Waals surface area contributed by atoms with Crippen LogP contribution in [-0.4, -0.2) is 24.7 Å². The summed E-state index contributed by atoms with van der Waals surface area (Å²) in [5.41, 5.74) is 1.80. The second-order valence-corrected chi connectivity index (χ2v) is 5.81. The molecule has 26 heavy (non-hydrogen) atoms. The third kappa shape index (κ3) is 6.78. The molecule has 0 bridgehead atoms. The molecular weight excluding hydrogens is 451 g/mol. The topological polar surface area (TPSA) is 56.7 Å². The maximum absolute atomic E-state index is 13.3. The van der Waals surface area contributed by atoms with E-state index in [1.807, 2.05) is 19.1 Å². The summed E-state index contributed by atoms with van der Waals surface area (Å²) in [6.45, 7) is 2.57. The number of phenols is 1. The lowest BCUT2D eigenvalue weighted by Gasteiger charge is -2.18. The molecule has 0 fully saturated rings. The Morgan fingerprint density at radius 3 is 2.42 bits per heavy atom. The van der Waals surface area contributed by atoms with Crippen molar-refractivity contribution >= 4 is 29.9 Å². The first kappa shape index (κ1) is 22.1. The number of guanidine groups is 1. The molecule has 142 valence electrons. The van der Waals surface area contributed by atoms with Gasteiger partial charge in [0, 0.05) is 13.6 Å². The lowest BCUT2D eigenvalue weighted by atomic mass is 10.1. The van der Waals surface area contributed by atoms with Crippen molar-refractivity contribution in [1.82, 2.24) is 10.6 Å². The van der Waals surface area contributed by atoms with Crippen LogP contribution in [0.5, 0.6) is 5.75 Å². The molecule has 0 saturated carbocycles. The Balaban J connectivity index is 0.00000338. The van der Waals surface area contributed by atoms with E-state index >= 15 is 0 Å². The number of rotatable bonds is 6. The number of benzene rings is 2. The molecular formula is C19H24F2IN3O. The van der Waals surface area contributed by atoms with Gasteiger partial charge in [-0.15, -0.1) is 24.0 Å². The lowest BCUT2D eigenvalue weighted by molar-refractivity contribution is 0.475. The second-order valence-electron chi connectivity index (χ2n) is 5.81. The Labute approximate surface area is 169 Å². The van der Waals surface area contributed by atoms with Gasteiger partial charge in [-0.25, -0.2) is 8.78 Å². The molecule has 2 aromatic rings. The van der Waals surface area contributed by atoms with Crippen molar-refractivity contribution in [3.8, 4) is 5.75 Å². The molecule has 3 N–H and O–H groups in total. The third-order valence-electron chi connectivity index (χ3n) is 3.89. The molecule has 0 saturated heterocycles. The van der Waals surface area contributed by atoms with Crippen molar-refractivity contribution in [2.24, 2.45) is 4.99 Å². The minimum absolute atomic E-state index is 0. The number of nitrogens with one attached hydrogen (secondary N) is 2. The molecule has 1 atom stereocenters. The van der Waals surface area contributed by atoms with Crippen molar-refractivity contribution in [3.63, 3.8) is 0 Å². The van der Waals surface area contributed by atoms with Crippen LogP contribution in [0.2, 0.25) is 0 Å². The summed E-state index contributed by atoms with van der Waals surface area (Å²) in [7, 11) is 1.66. The van der Waals surface area contributed by atoms with Gasteiger partial charge in [0.25, 0.3) is 0 Å². The first-order valence-electron chi connectivity index (χ1n) is 8.19. The monoisotopic (exact) mass is 475 g/mol. The summed E-state index contributed by atoms with van der Waals surface area (Å²) < 4.78 is 26.3. The molecule has 0 aliphatic rings. The average molecular weight is 475 g/mol.